The molecule has 0 aliphatic rings. The van der Waals surface area contributed by atoms with Crippen molar-refractivity contribution in [1.29, 1.82) is 0 Å². The first kappa shape index (κ1) is 17.1. The predicted octanol–water partition coefficient (Wildman–Crippen LogP) is 3.23. The smallest absolute Gasteiger partial charge is 0.190 e. The van der Waals surface area contributed by atoms with E-state index in [-0.39, 0.29) is 18.2 Å². The van der Waals surface area contributed by atoms with Crippen molar-refractivity contribution in [3.8, 4) is 11.3 Å². The zero-order chi connectivity index (χ0) is 19.0. The molecule has 4 rings (SSSR count). The number of ketones is 1. The number of Topliss-reactive ketones (excluding diaryl/α,β-unsaturated/α-hetero) is 1. The zero-order valence-corrected chi connectivity index (χ0v) is 15.5. The normalized spacial score (nSPS) is 11.4. The number of nitrogens with zero attached hydrogens (tertiary/aromatic N) is 6. The highest BCUT2D eigenvalue weighted by atomic mass is 16.1. The van der Waals surface area contributed by atoms with Gasteiger partial charge >= 0.3 is 0 Å². The Morgan fingerprint density at radius 1 is 1.15 bits per heavy atom. The fraction of sp³-hybridized carbons (Fsp3) is 0.250. The number of fused-ring (bicyclic) bond motifs is 1. The van der Waals surface area contributed by atoms with Crippen molar-refractivity contribution in [3.63, 3.8) is 0 Å². The average Bonchev–Trinajstić information content (AvgIpc) is 3.30. The van der Waals surface area contributed by atoms with Gasteiger partial charge in [-0.05, 0) is 19.9 Å². The van der Waals surface area contributed by atoms with Gasteiger partial charge in [-0.3, -0.25) is 4.79 Å². The van der Waals surface area contributed by atoms with Crippen molar-refractivity contribution in [1.82, 2.24) is 29.1 Å². The van der Waals surface area contributed by atoms with Crippen LogP contribution in [0.5, 0.6) is 0 Å². The summed E-state index contributed by atoms with van der Waals surface area (Å²) in [5.41, 5.74) is 3.27. The molecule has 0 saturated carbocycles. The second kappa shape index (κ2) is 6.75. The molecule has 0 radical (unpaired) electrons. The SMILES string of the molecule is CC(C)n1cnc(C(=O)Cc2ncc3ccc(-c4cncn4C)cc3n2)c1. The Labute approximate surface area is 156 Å². The van der Waals surface area contributed by atoms with Gasteiger partial charge in [-0.25, -0.2) is 19.9 Å². The Balaban J connectivity index is 1.62. The molecule has 0 saturated heterocycles. The Hall–Kier alpha value is -3.35. The van der Waals surface area contributed by atoms with Crippen molar-refractivity contribution >= 4 is 16.7 Å². The van der Waals surface area contributed by atoms with E-state index in [1.54, 1.807) is 25.0 Å². The molecular formula is C20H20N6O. The Morgan fingerprint density at radius 3 is 2.70 bits per heavy atom. The molecule has 0 bridgehead atoms. The van der Waals surface area contributed by atoms with E-state index in [0.29, 0.717) is 11.5 Å². The van der Waals surface area contributed by atoms with Crippen LogP contribution in [0.1, 0.15) is 36.2 Å². The topological polar surface area (TPSA) is 78.5 Å². The molecule has 3 aromatic heterocycles. The molecule has 4 aromatic rings. The quantitative estimate of drug-likeness (QED) is 0.511. The molecule has 136 valence electrons. The summed E-state index contributed by atoms with van der Waals surface area (Å²) in [7, 11) is 1.95. The van der Waals surface area contributed by atoms with Crippen LogP contribution < -0.4 is 0 Å². The number of aryl methyl sites for hydroxylation is 1. The Kier molecular flexibility index (Phi) is 4.27. The van der Waals surface area contributed by atoms with E-state index >= 15 is 0 Å². The highest BCUT2D eigenvalue weighted by Gasteiger charge is 2.14. The lowest BCUT2D eigenvalue weighted by atomic mass is 10.1. The highest BCUT2D eigenvalue weighted by Crippen LogP contribution is 2.22. The molecule has 0 unspecified atom stereocenters. The van der Waals surface area contributed by atoms with Gasteiger partial charge in [0.2, 0.25) is 0 Å². The van der Waals surface area contributed by atoms with Crippen LogP contribution in [-0.2, 0) is 13.5 Å². The lowest BCUT2D eigenvalue weighted by Gasteiger charge is -2.05. The van der Waals surface area contributed by atoms with Gasteiger partial charge in [-0.1, -0.05) is 12.1 Å². The van der Waals surface area contributed by atoms with E-state index in [9.17, 15) is 4.79 Å². The summed E-state index contributed by atoms with van der Waals surface area (Å²) in [4.78, 5) is 29.8. The Morgan fingerprint density at radius 2 is 2.00 bits per heavy atom. The molecule has 7 heteroatoms. The summed E-state index contributed by atoms with van der Waals surface area (Å²) >= 11 is 0. The number of carbonyl (C=O) groups is 1. The van der Waals surface area contributed by atoms with Crippen LogP contribution in [0, 0.1) is 0 Å². The standard InChI is InChI=1S/C20H20N6O/c1-13(2)26-10-17(23-12-26)19(27)7-20-22-8-15-5-4-14(6-16(15)24-20)18-9-21-11-25(18)3/h4-6,8-13H,7H2,1-3H3. The van der Waals surface area contributed by atoms with Crippen LogP contribution in [0.25, 0.3) is 22.2 Å². The highest BCUT2D eigenvalue weighted by molar-refractivity contribution is 5.95. The number of rotatable bonds is 5. The van der Waals surface area contributed by atoms with Crippen LogP contribution in [0.4, 0.5) is 0 Å². The zero-order valence-electron chi connectivity index (χ0n) is 15.5. The van der Waals surface area contributed by atoms with Crippen molar-refractivity contribution in [2.45, 2.75) is 26.3 Å². The van der Waals surface area contributed by atoms with Crippen LogP contribution in [0.2, 0.25) is 0 Å². The predicted molar refractivity (Wildman–Crippen MR) is 102 cm³/mol. The number of hydrogen-bond donors (Lipinski definition) is 0. The first-order valence-corrected chi connectivity index (χ1v) is 8.80. The molecule has 27 heavy (non-hydrogen) atoms. The molecule has 3 heterocycles. The van der Waals surface area contributed by atoms with E-state index in [2.05, 4.69) is 19.9 Å². The first-order chi connectivity index (χ1) is 13.0. The first-order valence-electron chi connectivity index (χ1n) is 8.80. The molecule has 0 aliphatic carbocycles. The second-order valence-corrected chi connectivity index (χ2v) is 6.85. The van der Waals surface area contributed by atoms with E-state index < -0.39 is 0 Å². The number of imidazole rings is 2. The van der Waals surface area contributed by atoms with Gasteiger partial charge in [0.1, 0.15) is 11.5 Å². The van der Waals surface area contributed by atoms with Crippen LogP contribution >= 0.6 is 0 Å². The molecule has 0 N–H and O–H groups in total. The number of aromatic nitrogens is 6. The minimum Gasteiger partial charge on any atom is -0.334 e. The van der Waals surface area contributed by atoms with Gasteiger partial charge in [0.15, 0.2) is 5.78 Å². The molecular weight excluding hydrogens is 340 g/mol. The van der Waals surface area contributed by atoms with E-state index in [1.807, 2.05) is 54.4 Å². The van der Waals surface area contributed by atoms with Gasteiger partial charge in [0, 0.05) is 36.4 Å². The lowest BCUT2D eigenvalue weighted by molar-refractivity contribution is 0.0986. The average molecular weight is 360 g/mol. The molecule has 0 amide bonds. The molecule has 0 spiro atoms. The third kappa shape index (κ3) is 3.36. The van der Waals surface area contributed by atoms with Crippen molar-refractivity contribution in [2.75, 3.05) is 0 Å². The molecule has 0 atom stereocenters. The van der Waals surface area contributed by atoms with Gasteiger partial charge in [0.25, 0.3) is 0 Å². The molecule has 0 aliphatic heterocycles. The Bertz CT molecular complexity index is 1120. The van der Waals surface area contributed by atoms with E-state index in [1.165, 1.54) is 0 Å². The number of carbonyl (C=O) groups excluding carboxylic acids is 1. The lowest BCUT2D eigenvalue weighted by Crippen LogP contribution is -2.07. The summed E-state index contributed by atoms with van der Waals surface area (Å²) in [5.74, 6) is 0.408. The molecule has 7 nitrogen and oxygen atoms in total. The maximum Gasteiger partial charge on any atom is 0.190 e. The largest absolute Gasteiger partial charge is 0.334 e. The van der Waals surface area contributed by atoms with E-state index in [4.69, 9.17) is 0 Å². The van der Waals surface area contributed by atoms with Gasteiger partial charge in [-0.2, -0.15) is 0 Å². The molecule has 0 fully saturated rings. The van der Waals surface area contributed by atoms with Gasteiger partial charge < -0.3 is 9.13 Å². The van der Waals surface area contributed by atoms with Crippen LogP contribution in [-0.4, -0.2) is 34.9 Å². The minimum atomic E-state index is -0.0865. The third-order valence-electron chi connectivity index (χ3n) is 4.55. The fourth-order valence-corrected chi connectivity index (χ4v) is 2.94. The minimum absolute atomic E-state index is 0.0865. The number of benzene rings is 1. The monoisotopic (exact) mass is 360 g/mol. The summed E-state index contributed by atoms with van der Waals surface area (Å²) in [6.07, 6.45) is 8.91. The second-order valence-electron chi connectivity index (χ2n) is 6.85. The van der Waals surface area contributed by atoms with E-state index in [0.717, 1.165) is 22.2 Å². The maximum absolute atomic E-state index is 12.5. The third-order valence-corrected chi connectivity index (χ3v) is 4.55. The van der Waals surface area contributed by atoms with Crippen molar-refractivity contribution < 1.29 is 4.79 Å². The summed E-state index contributed by atoms with van der Waals surface area (Å²) in [6, 6.07) is 6.26. The van der Waals surface area contributed by atoms with Crippen LogP contribution in [0.15, 0.2) is 49.4 Å². The summed E-state index contributed by atoms with van der Waals surface area (Å²) in [6.45, 7) is 4.09. The fourth-order valence-electron chi connectivity index (χ4n) is 2.94. The summed E-state index contributed by atoms with van der Waals surface area (Å²) in [5, 5.41) is 0.932. The van der Waals surface area contributed by atoms with Crippen molar-refractivity contribution in [3.05, 3.63) is 61.0 Å². The van der Waals surface area contributed by atoms with Gasteiger partial charge in [0.05, 0.1) is 36.5 Å². The van der Waals surface area contributed by atoms with Crippen molar-refractivity contribution in [2.24, 2.45) is 7.05 Å². The summed E-state index contributed by atoms with van der Waals surface area (Å²) < 4.78 is 3.87. The maximum atomic E-state index is 12.5. The number of hydrogen-bond acceptors (Lipinski definition) is 5. The van der Waals surface area contributed by atoms with Crippen LogP contribution in [0.3, 0.4) is 0 Å². The molecule has 1 aromatic carbocycles. The van der Waals surface area contributed by atoms with Gasteiger partial charge in [-0.15, -0.1) is 0 Å².